The molecule has 1 aromatic heterocycles. The fraction of sp³-hybridized carbons (Fsp3) is 0.200. The van der Waals surface area contributed by atoms with Crippen molar-refractivity contribution < 1.29 is 4.79 Å². The molecule has 2 N–H and O–H groups in total. The fourth-order valence-corrected chi connectivity index (χ4v) is 2.94. The summed E-state index contributed by atoms with van der Waals surface area (Å²) in [5.41, 5.74) is 4.35. The van der Waals surface area contributed by atoms with Gasteiger partial charge in [-0.15, -0.1) is 0 Å². The number of carbonyl (C=O) groups is 1. The lowest BCUT2D eigenvalue weighted by molar-refractivity contribution is -0.115. The molecule has 1 aliphatic carbocycles. The molecule has 1 heterocycles. The third-order valence-electron chi connectivity index (χ3n) is 4.34. The summed E-state index contributed by atoms with van der Waals surface area (Å²) in [5.74, 6) is 1.16. The van der Waals surface area contributed by atoms with Crippen molar-refractivity contribution in [2.75, 3.05) is 5.32 Å². The maximum Gasteiger partial charge on any atom is 0.230 e. The van der Waals surface area contributed by atoms with Gasteiger partial charge in [-0.3, -0.25) is 9.89 Å². The minimum atomic E-state index is -0.0489. The van der Waals surface area contributed by atoms with Crippen LogP contribution < -0.4 is 5.32 Å². The first-order valence-corrected chi connectivity index (χ1v) is 8.28. The van der Waals surface area contributed by atoms with Crippen molar-refractivity contribution in [2.24, 2.45) is 0 Å². The van der Waals surface area contributed by atoms with Crippen molar-refractivity contribution in [3.8, 4) is 11.1 Å². The van der Waals surface area contributed by atoms with Crippen molar-refractivity contribution >= 4 is 11.7 Å². The van der Waals surface area contributed by atoms with Crippen molar-refractivity contribution in [1.82, 2.24) is 10.2 Å². The molecule has 0 bridgehead atoms. The quantitative estimate of drug-likeness (QED) is 0.743. The second-order valence-electron chi connectivity index (χ2n) is 6.23. The second kappa shape index (κ2) is 6.32. The first-order chi connectivity index (χ1) is 11.8. The molecule has 2 aromatic carbocycles. The molecule has 24 heavy (non-hydrogen) atoms. The van der Waals surface area contributed by atoms with E-state index in [2.05, 4.69) is 33.7 Å². The standard InChI is InChI=1S/C20H19N3O/c24-20(21-19-13-18(22-23-19)15-10-11-15)12-16-8-4-5-9-17(16)14-6-2-1-3-7-14/h1-9,13,15H,10-12H2,(H2,21,22,23,24). The Bertz CT molecular complexity index is 850. The second-order valence-corrected chi connectivity index (χ2v) is 6.23. The summed E-state index contributed by atoms with van der Waals surface area (Å²) in [6, 6.07) is 20.1. The van der Waals surface area contributed by atoms with Crippen LogP contribution in [0.4, 0.5) is 5.82 Å². The summed E-state index contributed by atoms with van der Waals surface area (Å²) < 4.78 is 0. The zero-order valence-corrected chi connectivity index (χ0v) is 13.3. The largest absolute Gasteiger partial charge is 0.309 e. The van der Waals surface area contributed by atoms with Crippen LogP contribution in [-0.4, -0.2) is 16.1 Å². The van der Waals surface area contributed by atoms with E-state index in [4.69, 9.17) is 0 Å². The van der Waals surface area contributed by atoms with Crippen LogP contribution in [0, 0.1) is 0 Å². The highest BCUT2D eigenvalue weighted by molar-refractivity contribution is 5.92. The van der Waals surface area contributed by atoms with Gasteiger partial charge in [0.15, 0.2) is 5.82 Å². The van der Waals surface area contributed by atoms with E-state index in [1.807, 2.05) is 42.5 Å². The number of amides is 1. The van der Waals surface area contributed by atoms with E-state index in [-0.39, 0.29) is 5.91 Å². The van der Waals surface area contributed by atoms with Crippen molar-refractivity contribution in [2.45, 2.75) is 25.2 Å². The highest BCUT2D eigenvalue weighted by Gasteiger charge is 2.25. The normalized spacial score (nSPS) is 13.7. The Morgan fingerprint density at radius 2 is 1.83 bits per heavy atom. The molecule has 0 saturated heterocycles. The van der Waals surface area contributed by atoms with Crippen LogP contribution in [0.3, 0.4) is 0 Å². The number of aromatic nitrogens is 2. The van der Waals surface area contributed by atoms with Gasteiger partial charge in [-0.1, -0.05) is 54.6 Å². The molecular weight excluding hydrogens is 298 g/mol. The molecule has 4 rings (SSSR count). The number of hydrogen-bond acceptors (Lipinski definition) is 2. The highest BCUT2D eigenvalue weighted by atomic mass is 16.1. The van der Waals surface area contributed by atoms with Crippen molar-refractivity contribution in [1.29, 1.82) is 0 Å². The molecule has 0 radical (unpaired) electrons. The Balaban J connectivity index is 1.49. The van der Waals surface area contributed by atoms with Gasteiger partial charge in [-0.25, -0.2) is 0 Å². The molecule has 4 nitrogen and oxygen atoms in total. The molecule has 1 amide bonds. The zero-order chi connectivity index (χ0) is 16.4. The van der Waals surface area contributed by atoms with Crippen molar-refractivity contribution in [3.63, 3.8) is 0 Å². The maximum atomic E-state index is 12.4. The molecule has 0 spiro atoms. The summed E-state index contributed by atoms with van der Waals surface area (Å²) >= 11 is 0. The molecule has 4 heteroatoms. The summed E-state index contributed by atoms with van der Waals surface area (Å²) in [4.78, 5) is 12.4. The predicted octanol–water partition coefficient (Wildman–Crippen LogP) is 4.14. The van der Waals surface area contributed by atoms with Crippen LogP contribution >= 0.6 is 0 Å². The van der Waals surface area contributed by atoms with Gasteiger partial charge in [0.1, 0.15) is 0 Å². The Hall–Kier alpha value is -2.88. The minimum Gasteiger partial charge on any atom is -0.309 e. The molecule has 1 saturated carbocycles. The van der Waals surface area contributed by atoms with E-state index >= 15 is 0 Å². The van der Waals surface area contributed by atoms with Gasteiger partial charge in [-0.2, -0.15) is 5.10 Å². The number of nitrogens with one attached hydrogen (secondary N) is 2. The Kier molecular flexibility index (Phi) is 3.87. The van der Waals surface area contributed by atoms with E-state index in [0.717, 1.165) is 22.4 Å². The summed E-state index contributed by atoms with van der Waals surface area (Å²) in [6.07, 6.45) is 2.75. The molecule has 1 aliphatic rings. The summed E-state index contributed by atoms with van der Waals surface area (Å²) in [7, 11) is 0. The fourth-order valence-electron chi connectivity index (χ4n) is 2.94. The Morgan fingerprint density at radius 1 is 1.08 bits per heavy atom. The molecule has 0 unspecified atom stereocenters. The number of carbonyl (C=O) groups excluding carboxylic acids is 1. The van der Waals surface area contributed by atoms with Gasteiger partial charge in [-0.05, 0) is 29.5 Å². The molecule has 0 aliphatic heterocycles. The van der Waals surface area contributed by atoms with E-state index in [1.54, 1.807) is 0 Å². The topological polar surface area (TPSA) is 57.8 Å². The van der Waals surface area contributed by atoms with Gasteiger partial charge in [0.2, 0.25) is 5.91 Å². The Labute approximate surface area is 140 Å². The number of rotatable bonds is 5. The number of anilines is 1. The summed E-state index contributed by atoms with van der Waals surface area (Å²) in [5, 5.41) is 10.1. The summed E-state index contributed by atoms with van der Waals surface area (Å²) in [6.45, 7) is 0. The van der Waals surface area contributed by atoms with E-state index in [9.17, 15) is 4.79 Å². The Morgan fingerprint density at radius 3 is 2.62 bits per heavy atom. The van der Waals surface area contributed by atoms with Gasteiger partial charge < -0.3 is 5.32 Å². The van der Waals surface area contributed by atoms with E-state index in [1.165, 1.54) is 12.8 Å². The monoisotopic (exact) mass is 317 g/mol. The highest BCUT2D eigenvalue weighted by Crippen LogP contribution is 2.39. The van der Waals surface area contributed by atoms with Crippen LogP contribution in [0.5, 0.6) is 0 Å². The van der Waals surface area contributed by atoms with Crippen LogP contribution in [0.1, 0.15) is 30.0 Å². The van der Waals surface area contributed by atoms with Gasteiger partial charge in [0.05, 0.1) is 6.42 Å². The molecule has 1 fully saturated rings. The van der Waals surface area contributed by atoms with E-state index < -0.39 is 0 Å². The lowest BCUT2D eigenvalue weighted by atomic mass is 9.97. The molecule has 3 aromatic rings. The maximum absolute atomic E-state index is 12.4. The van der Waals surface area contributed by atoms with Crippen LogP contribution in [-0.2, 0) is 11.2 Å². The average Bonchev–Trinajstić information content (AvgIpc) is 3.36. The molecule has 120 valence electrons. The first-order valence-electron chi connectivity index (χ1n) is 8.28. The third kappa shape index (κ3) is 3.23. The van der Waals surface area contributed by atoms with Crippen LogP contribution in [0.15, 0.2) is 60.7 Å². The molecule has 0 atom stereocenters. The minimum absolute atomic E-state index is 0.0489. The first kappa shape index (κ1) is 14.7. The van der Waals surface area contributed by atoms with E-state index in [0.29, 0.717) is 18.2 Å². The average molecular weight is 317 g/mol. The van der Waals surface area contributed by atoms with Crippen molar-refractivity contribution in [3.05, 3.63) is 71.9 Å². The van der Waals surface area contributed by atoms with Gasteiger partial charge in [0.25, 0.3) is 0 Å². The third-order valence-corrected chi connectivity index (χ3v) is 4.34. The molecular formula is C20H19N3O. The smallest absolute Gasteiger partial charge is 0.230 e. The SMILES string of the molecule is O=C(Cc1ccccc1-c1ccccc1)Nc1cc(C2CC2)[nH]n1. The van der Waals surface area contributed by atoms with Gasteiger partial charge in [0, 0.05) is 17.7 Å². The predicted molar refractivity (Wildman–Crippen MR) is 94.8 cm³/mol. The van der Waals surface area contributed by atoms with Crippen LogP contribution in [0.2, 0.25) is 0 Å². The number of benzene rings is 2. The number of H-pyrrole nitrogens is 1. The van der Waals surface area contributed by atoms with Gasteiger partial charge >= 0.3 is 0 Å². The number of hydrogen-bond donors (Lipinski definition) is 2. The lowest BCUT2D eigenvalue weighted by Gasteiger charge is -2.09. The zero-order valence-electron chi connectivity index (χ0n) is 13.3. The number of aromatic amines is 1. The lowest BCUT2D eigenvalue weighted by Crippen LogP contribution is -2.15. The number of nitrogens with zero attached hydrogens (tertiary/aromatic N) is 1. The van der Waals surface area contributed by atoms with Crippen LogP contribution in [0.25, 0.3) is 11.1 Å².